The van der Waals surface area contributed by atoms with Crippen molar-refractivity contribution in [1.82, 2.24) is 4.57 Å². The highest BCUT2D eigenvalue weighted by atomic mass is 79.9. The van der Waals surface area contributed by atoms with E-state index in [1.165, 1.54) is 4.57 Å². The fourth-order valence-corrected chi connectivity index (χ4v) is 4.10. The number of hydrogen-bond acceptors (Lipinski definition) is 3. The Bertz CT molecular complexity index is 1260. The van der Waals surface area contributed by atoms with Crippen LogP contribution in [0.15, 0.2) is 63.5 Å². The maximum absolute atomic E-state index is 13.2. The van der Waals surface area contributed by atoms with Gasteiger partial charge in [-0.1, -0.05) is 45.7 Å². The summed E-state index contributed by atoms with van der Waals surface area (Å²) in [5, 5.41) is 1.13. The summed E-state index contributed by atoms with van der Waals surface area (Å²) in [5.41, 5.74) is 7.61. The van der Waals surface area contributed by atoms with Gasteiger partial charge in [0.1, 0.15) is 5.76 Å². The number of rotatable bonds is 3. The molecule has 0 aliphatic rings. The molecule has 0 atom stereocenters. The molecule has 4 aromatic rings. The average Bonchev–Trinajstić information content (AvgIpc) is 3.23. The third-order valence-corrected chi connectivity index (χ3v) is 5.38. The zero-order valence-corrected chi connectivity index (χ0v) is 17.0. The lowest BCUT2D eigenvalue weighted by atomic mass is 10.1. The summed E-state index contributed by atoms with van der Waals surface area (Å²) >= 11 is 9.64. The van der Waals surface area contributed by atoms with Gasteiger partial charge in [-0.3, -0.25) is 14.2 Å². The maximum atomic E-state index is 13.2. The molecule has 2 aromatic heterocycles. The van der Waals surface area contributed by atoms with Gasteiger partial charge in [0.2, 0.25) is 0 Å². The first-order chi connectivity index (χ1) is 13.4. The SMILES string of the molecule is Cc1c(C(N)=O)c2ccccc2n1C(=O)c1ccc(-c2ccc(Br)cc2Cl)o1. The fourth-order valence-electron chi connectivity index (χ4n) is 3.34. The number of nitrogens with two attached hydrogens (primary N) is 1. The highest BCUT2D eigenvalue weighted by Gasteiger charge is 2.24. The van der Waals surface area contributed by atoms with Crippen molar-refractivity contribution in [2.24, 2.45) is 5.73 Å². The summed E-state index contributed by atoms with van der Waals surface area (Å²) in [6.07, 6.45) is 0. The summed E-state index contributed by atoms with van der Waals surface area (Å²) in [6, 6.07) is 15.8. The van der Waals surface area contributed by atoms with Crippen LogP contribution in [0.4, 0.5) is 0 Å². The van der Waals surface area contributed by atoms with Crippen molar-refractivity contribution in [2.75, 3.05) is 0 Å². The molecule has 0 aliphatic heterocycles. The molecule has 0 fully saturated rings. The van der Waals surface area contributed by atoms with E-state index in [4.69, 9.17) is 21.8 Å². The van der Waals surface area contributed by atoms with Gasteiger partial charge >= 0.3 is 0 Å². The standard InChI is InChI=1S/C21H14BrClN2O3/c1-11-19(20(24)26)14-4-2-3-5-16(14)25(11)21(27)18-9-8-17(28-18)13-7-6-12(22)10-15(13)23/h2-10H,1H3,(H2,24,26). The van der Waals surface area contributed by atoms with E-state index >= 15 is 0 Å². The summed E-state index contributed by atoms with van der Waals surface area (Å²) in [6.45, 7) is 1.69. The van der Waals surface area contributed by atoms with Crippen LogP contribution >= 0.6 is 27.5 Å². The molecule has 0 aliphatic carbocycles. The zero-order valence-electron chi connectivity index (χ0n) is 14.7. The van der Waals surface area contributed by atoms with Crippen LogP contribution < -0.4 is 5.73 Å². The predicted molar refractivity (Wildman–Crippen MR) is 112 cm³/mol. The van der Waals surface area contributed by atoms with Gasteiger partial charge in [0, 0.05) is 21.1 Å². The maximum Gasteiger partial charge on any atom is 0.298 e. The molecule has 4 rings (SSSR count). The van der Waals surface area contributed by atoms with Crippen LogP contribution in [0.1, 0.15) is 26.6 Å². The first-order valence-electron chi connectivity index (χ1n) is 8.38. The molecule has 1 amide bonds. The van der Waals surface area contributed by atoms with E-state index in [1.807, 2.05) is 6.07 Å². The Morgan fingerprint density at radius 2 is 1.86 bits per heavy atom. The van der Waals surface area contributed by atoms with Gasteiger partial charge in [-0.15, -0.1) is 0 Å². The van der Waals surface area contributed by atoms with Gasteiger partial charge in [0.25, 0.3) is 11.8 Å². The summed E-state index contributed by atoms with van der Waals surface area (Å²) in [5.74, 6) is -0.360. The van der Waals surface area contributed by atoms with E-state index in [0.717, 1.165) is 4.47 Å². The van der Waals surface area contributed by atoms with Gasteiger partial charge in [0.05, 0.1) is 16.1 Å². The fraction of sp³-hybridized carbons (Fsp3) is 0.0476. The van der Waals surface area contributed by atoms with Crippen molar-refractivity contribution < 1.29 is 14.0 Å². The summed E-state index contributed by atoms with van der Waals surface area (Å²) in [7, 11) is 0. The molecule has 7 heteroatoms. The molecule has 0 spiro atoms. The number of fused-ring (bicyclic) bond motifs is 1. The zero-order chi connectivity index (χ0) is 20.0. The van der Waals surface area contributed by atoms with Crippen LogP contribution in [-0.4, -0.2) is 16.4 Å². The number of aromatic nitrogens is 1. The molecule has 0 unspecified atom stereocenters. The van der Waals surface area contributed by atoms with Crippen LogP contribution in [0.5, 0.6) is 0 Å². The largest absolute Gasteiger partial charge is 0.451 e. The van der Waals surface area contributed by atoms with Crippen LogP contribution in [0, 0.1) is 6.92 Å². The molecule has 0 saturated heterocycles. The highest BCUT2D eigenvalue weighted by molar-refractivity contribution is 9.10. The Balaban J connectivity index is 1.83. The normalized spacial score (nSPS) is 11.1. The predicted octanol–water partition coefficient (Wildman–Crippen LogP) is 5.41. The molecule has 2 N–H and O–H groups in total. The quantitative estimate of drug-likeness (QED) is 0.446. The van der Waals surface area contributed by atoms with Crippen molar-refractivity contribution in [3.8, 4) is 11.3 Å². The smallest absolute Gasteiger partial charge is 0.298 e. The monoisotopic (exact) mass is 456 g/mol. The minimum atomic E-state index is -0.581. The summed E-state index contributed by atoms with van der Waals surface area (Å²) < 4.78 is 8.08. The van der Waals surface area contributed by atoms with E-state index in [2.05, 4.69) is 15.9 Å². The third kappa shape index (κ3) is 2.95. The van der Waals surface area contributed by atoms with E-state index < -0.39 is 5.91 Å². The van der Waals surface area contributed by atoms with E-state index in [-0.39, 0.29) is 11.7 Å². The number of primary amides is 1. The minimum Gasteiger partial charge on any atom is -0.451 e. The Labute approximate surface area is 173 Å². The second-order valence-corrected chi connectivity index (χ2v) is 7.59. The van der Waals surface area contributed by atoms with Crippen molar-refractivity contribution in [3.05, 3.63) is 81.1 Å². The first kappa shape index (κ1) is 18.5. The van der Waals surface area contributed by atoms with Gasteiger partial charge in [0.15, 0.2) is 5.76 Å². The first-order valence-corrected chi connectivity index (χ1v) is 9.55. The minimum absolute atomic E-state index is 0.133. The number of hydrogen-bond donors (Lipinski definition) is 1. The lowest BCUT2D eigenvalue weighted by Gasteiger charge is -2.05. The van der Waals surface area contributed by atoms with E-state index in [9.17, 15) is 9.59 Å². The molecule has 0 bridgehead atoms. The number of halogens is 2. The van der Waals surface area contributed by atoms with E-state index in [1.54, 1.807) is 55.5 Å². The summed E-state index contributed by atoms with van der Waals surface area (Å²) in [4.78, 5) is 25.1. The molecule has 5 nitrogen and oxygen atoms in total. The number of carbonyl (C=O) groups is 2. The molecular formula is C21H14BrClN2O3. The highest BCUT2D eigenvalue weighted by Crippen LogP contribution is 2.33. The van der Waals surface area contributed by atoms with Crippen LogP contribution in [0.3, 0.4) is 0 Å². The van der Waals surface area contributed by atoms with Crippen molar-refractivity contribution in [2.45, 2.75) is 6.92 Å². The number of amides is 1. The van der Waals surface area contributed by atoms with Gasteiger partial charge < -0.3 is 10.2 Å². The molecule has 2 heterocycles. The lowest BCUT2D eigenvalue weighted by molar-refractivity contribution is 0.0936. The van der Waals surface area contributed by atoms with E-state index in [0.29, 0.717) is 38.5 Å². The van der Waals surface area contributed by atoms with Crippen LogP contribution in [-0.2, 0) is 0 Å². The van der Waals surface area contributed by atoms with Crippen LogP contribution in [0.25, 0.3) is 22.2 Å². The Hall–Kier alpha value is -2.83. The molecule has 0 saturated carbocycles. The Morgan fingerprint density at radius 3 is 2.57 bits per heavy atom. The second kappa shape index (κ2) is 6.96. The molecule has 140 valence electrons. The Kier molecular flexibility index (Phi) is 4.61. The third-order valence-electron chi connectivity index (χ3n) is 4.57. The topological polar surface area (TPSA) is 78.2 Å². The molecule has 28 heavy (non-hydrogen) atoms. The lowest BCUT2D eigenvalue weighted by Crippen LogP contribution is -2.16. The molecular weight excluding hydrogens is 444 g/mol. The number of benzene rings is 2. The second-order valence-electron chi connectivity index (χ2n) is 6.27. The van der Waals surface area contributed by atoms with Crippen molar-refractivity contribution in [1.29, 1.82) is 0 Å². The number of furan rings is 1. The number of para-hydroxylation sites is 1. The average molecular weight is 458 g/mol. The number of carbonyl (C=O) groups excluding carboxylic acids is 2. The van der Waals surface area contributed by atoms with Gasteiger partial charge in [-0.2, -0.15) is 0 Å². The molecule has 0 radical (unpaired) electrons. The van der Waals surface area contributed by atoms with Crippen molar-refractivity contribution in [3.63, 3.8) is 0 Å². The number of nitrogens with zero attached hydrogens (tertiary/aromatic N) is 1. The van der Waals surface area contributed by atoms with Gasteiger partial charge in [-0.05, 0) is 43.3 Å². The molecule has 2 aromatic carbocycles. The Morgan fingerprint density at radius 1 is 1.11 bits per heavy atom. The van der Waals surface area contributed by atoms with Crippen molar-refractivity contribution >= 4 is 50.2 Å². The van der Waals surface area contributed by atoms with Gasteiger partial charge in [-0.25, -0.2) is 0 Å². The van der Waals surface area contributed by atoms with Crippen LogP contribution in [0.2, 0.25) is 5.02 Å².